The van der Waals surface area contributed by atoms with E-state index in [9.17, 15) is 13.2 Å². The summed E-state index contributed by atoms with van der Waals surface area (Å²) < 4.78 is 27.6. The number of nitrogens with one attached hydrogen (secondary N) is 2. The molecule has 1 atom stereocenters. The number of rotatable bonds is 7. The molecule has 0 radical (unpaired) electrons. The standard InChI is InChI=1S/C25H27N3O3S/c1-19(20-12-14-23(15-13-20)28-16-5-6-17-28)26-25(29)21-8-7-9-22(18-21)27-32(30,31)24-10-3-2-4-11-24/h2-4,7-15,18-19,27H,5-6,16-17H2,1H3,(H,26,29)/t19-/m1/s1. The van der Waals surface area contributed by atoms with Crippen LogP contribution in [0.25, 0.3) is 0 Å². The second-order valence-electron chi connectivity index (χ2n) is 7.98. The summed E-state index contributed by atoms with van der Waals surface area (Å²) in [4.78, 5) is 15.3. The summed E-state index contributed by atoms with van der Waals surface area (Å²) in [6.07, 6.45) is 2.46. The van der Waals surface area contributed by atoms with Gasteiger partial charge >= 0.3 is 0 Å². The van der Waals surface area contributed by atoms with Gasteiger partial charge in [-0.3, -0.25) is 9.52 Å². The van der Waals surface area contributed by atoms with E-state index in [1.807, 2.05) is 19.1 Å². The zero-order valence-corrected chi connectivity index (χ0v) is 18.8. The van der Waals surface area contributed by atoms with Crippen LogP contribution in [-0.2, 0) is 10.0 Å². The quantitative estimate of drug-likeness (QED) is 0.554. The molecule has 2 N–H and O–H groups in total. The van der Waals surface area contributed by atoms with E-state index in [-0.39, 0.29) is 16.8 Å². The normalized spacial score (nSPS) is 14.7. The molecule has 1 fully saturated rings. The SMILES string of the molecule is C[C@@H](NC(=O)c1cccc(NS(=O)(=O)c2ccccc2)c1)c1ccc(N2CCCC2)cc1. The first-order valence-corrected chi connectivity index (χ1v) is 12.2. The molecule has 1 aliphatic rings. The number of hydrogen-bond acceptors (Lipinski definition) is 4. The van der Waals surface area contributed by atoms with E-state index in [0.29, 0.717) is 11.3 Å². The second kappa shape index (κ2) is 9.44. The van der Waals surface area contributed by atoms with E-state index in [0.717, 1.165) is 18.7 Å². The van der Waals surface area contributed by atoms with Crippen LogP contribution < -0.4 is 14.9 Å². The fourth-order valence-corrected chi connectivity index (χ4v) is 4.92. The molecule has 1 amide bonds. The van der Waals surface area contributed by atoms with Crippen LogP contribution in [0.5, 0.6) is 0 Å². The van der Waals surface area contributed by atoms with Gasteiger partial charge in [-0.1, -0.05) is 36.4 Å². The Morgan fingerprint density at radius 2 is 1.59 bits per heavy atom. The number of nitrogens with zero attached hydrogens (tertiary/aromatic N) is 1. The van der Waals surface area contributed by atoms with E-state index < -0.39 is 10.0 Å². The van der Waals surface area contributed by atoms with Crippen molar-refractivity contribution in [1.82, 2.24) is 5.32 Å². The number of benzene rings is 3. The fourth-order valence-electron chi connectivity index (χ4n) is 3.85. The first-order chi connectivity index (χ1) is 15.4. The molecule has 0 unspecified atom stereocenters. The highest BCUT2D eigenvalue weighted by molar-refractivity contribution is 7.92. The van der Waals surface area contributed by atoms with Crippen molar-refractivity contribution in [2.75, 3.05) is 22.7 Å². The molecule has 0 saturated carbocycles. The third-order valence-electron chi connectivity index (χ3n) is 5.64. The third-order valence-corrected chi connectivity index (χ3v) is 7.04. The van der Waals surface area contributed by atoms with Crippen molar-refractivity contribution in [3.8, 4) is 0 Å². The summed E-state index contributed by atoms with van der Waals surface area (Å²) in [5.41, 5.74) is 2.95. The van der Waals surface area contributed by atoms with E-state index in [2.05, 4.69) is 27.1 Å². The van der Waals surface area contributed by atoms with Crippen molar-refractivity contribution in [3.05, 3.63) is 90.0 Å². The van der Waals surface area contributed by atoms with Crippen molar-refractivity contribution < 1.29 is 13.2 Å². The number of anilines is 2. The molecule has 32 heavy (non-hydrogen) atoms. The maximum Gasteiger partial charge on any atom is 0.261 e. The molecule has 0 bridgehead atoms. The van der Waals surface area contributed by atoms with Crippen LogP contribution in [0.2, 0.25) is 0 Å². The monoisotopic (exact) mass is 449 g/mol. The van der Waals surface area contributed by atoms with Crippen LogP contribution in [0.1, 0.15) is 41.7 Å². The molecule has 7 heteroatoms. The number of sulfonamides is 1. The molecule has 1 heterocycles. The van der Waals surface area contributed by atoms with Crippen LogP contribution in [-0.4, -0.2) is 27.4 Å². The van der Waals surface area contributed by atoms with Gasteiger partial charge in [0.05, 0.1) is 10.9 Å². The zero-order chi connectivity index (χ0) is 22.6. The fraction of sp³-hybridized carbons (Fsp3) is 0.240. The van der Waals surface area contributed by atoms with Crippen molar-refractivity contribution in [2.24, 2.45) is 0 Å². The van der Waals surface area contributed by atoms with Gasteiger partial charge in [0.15, 0.2) is 0 Å². The maximum atomic E-state index is 12.8. The molecule has 166 valence electrons. The van der Waals surface area contributed by atoms with Crippen molar-refractivity contribution >= 4 is 27.3 Å². The van der Waals surface area contributed by atoms with Gasteiger partial charge in [0.1, 0.15) is 0 Å². The minimum Gasteiger partial charge on any atom is -0.372 e. The van der Waals surface area contributed by atoms with Gasteiger partial charge in [0.25, 0.3) is 15.9 Å². The highest BCUT2D eigenvalue weighted by Gasteiger charge is 2.17. The Bertz CT molecular complexity index is 1170. The van der Waals surface area contributed by atoms with Crippen LogP contribution in [0.3, 0.4) is 0 Å². The summed E-state index contributed by atoms with van der Waals surface area (Å²) in [5.74, 6) is -0.262. The summed E-state index contributed by atoms with van der Waals surface area (Å²) in [7, 11) is -3.72. The Hall–Kier alpha value is -3.32. The number of carbonyl (C=O) groups excluding carboxylic acids is 1. The first kappa shape index (κ1) is 21.9. The van der Waals surface area contributed by atoms with E-state index >= 15 is 0 Å². The third kappa shape index (κ3) is 5.11. The largest absolute Gasteiger partial charge is 0.372 e. The minimum atomic E-state index is -3.72. The molecule has 4 rings (SSSR count). The molecule has 3 aromatic carbocycles. The lowest BCUT2D eigenvalue weighted by molar-refractivity contribution is 0.0940. The molecule has 1 aliphatic heterocycles. The lowest BCUT2D eigenvalue weighted by Crippen LogP contribution is -2.27. The molecule has 0 aromatic heterocycles. The Morgan fingerprint density at radius 3 is 2.28 bits per heavy atom. The molecule has 0 spiro atoms. The van der Waals surface area contributed by atoms with Gasteiger partial charge in [-0.15, -0.1) is 0 Å². The van der Waals surface area contributed by atoms with E-state index in [1.165, 1.54) is 30.7 Å². The number of amides is 1. The second-order valence-corrected chi connectivity index (χ2v) is 9.66. The van der Waals surface area contributed by atoms with Crippen LogP contribution in [0.15, 0.2) is 83.8 Å². The first-order valence-electron chi connectivity index (χ1n) is 10.8. The summed E-state index contributed by atoms with van der Waals surface area (Å²) >= 11 is 0. The molecule has 3 aromatic rings. The van der Waals surface area contributed by atoms with Crippen molar-refractivity contribution in [3.63, 3.8) is 0 Å². The maximum absolute atomic E-state index is 12.8. The van der Waals surface area contributed by atoms with Gasteiger partial charge < -0.3 is 10.2 Å². The Morgan fingerprint density at radius 1 is 0.906 bits per heavy atom. The summed E-state index contributed by atoms with van der Waals surface area (Å²) in [6, 6.07) is 22.7. The van der Waals surface area contributed by atoms with Crippen molar-refractivity contribution in [1.29, 1.82) is 0 Å². The van der Waals surface area contributed by atoms with Crippen LogP contribution in [0.4, 0.5) is 11.4 Å². The molecule has 0 aliphatic carbocycles. The average molecular weight is 450 g/mol. The van der Waals surface area contributed by atoms with E-state index in [1.54, 1.807) is 42.5 Å². The Labute approximate surface area is 189 Å². The zero-order valence-electron chi connectivity index (χ0n) is 18.0. The number of carbonyl (C=O) groups is 1. The van der Waals surface area contributed by atoms with Gasteiger partial charge in [0, 0.05) is 30.0 Å². The Balaban J connectivity index is 1.42. The summed E-state index contributed by atoms with van der Waals surface area (Å²) in [6.45, 7) is 4.12. The lowest BCUT2D eigenvalue weighted by Gasteiger charge is -2.19. The Kier molecular flexibility index (Phi) is 6.46. The van der Waals surface area contributed by atoms with Gasteiger partial charge in [-0.05, 0) is 67.8 Å². The minimum absolute atomic E-state index is 0.167. The highest BCUT2D eigenvalue weighted by atomic mass is 32.2. The average Bonchev–Trinajstić information content (AvgIpc) is 3.35. The smallest absolute Gasteiger partial charge is 0.261 e. The predicted molar refractivity (Wildman–Crippen MR) is 127 cm³/mol. The number of hydrogen-bond donors (Lipinski definition) is 2. The lowest BCUT2D eigenvalue weighted by atomic mass is 10.1. The summed E-state index contributed by atoms with van der Waals surface area (Å²) in [5, 5.41) is 2.99. The molecule has 1 saturated heterocycles. The van der Waals surface area contributed by atoms with Gasteiger partial charge in [0.2, 0.25) is 0 Å². The van der Waals surface area contributed by atoms with Gasteiger partial charge in [-0.2, -0.15) is 0 Å². The van der Waals surface area contributed by atoms with Crippen molar-refractivity contribution in [2.45, 2.75) is 30.7 Å². The molecular weight excluding hydrogens is 422 g/mol. The van der Waals surface area contributed by atoms with Gasteiger partial charge in [-0.25, -0.2) is 8.42 Å². The predicted octanol–water partition coefficient (Wildman–Crippen LogP) is 4.58. The molecular formula is C25H27N3O3S. The topological polar surface area (TPSA) is 78.5 Å². The highest BCUT2D eigenvalue weighted by Crippen LogP contribution is 2.23. The van der Waals surface area contributed by atoms with Crippen LogP contribution in [0, 0.1) is 0 Å². The molecule has 6 nitrogen and oxygen atoms in total. The van der Waals surface area contributed by atoms with Crippen LogP contribution >= 0.6 is 0 Å². The van der Waals surface area contributed by atoms with E-state index in [4.69, 9.17) is 0 Å².